The second-order valence-corrected chi connectivity index (χ2v) is 9.62. The molecule has 6 nitrogen and oxygen atoms in total. The van der Waals surface area contributed by atoms with Crippen LogP contribution in [0.15, 0.2) is 24.3 Å². The number of benzene rings is 1. The highest BCUT2D eigenvalue weighted by atomic mass is 32.2. The molecule has 10 heteroatoms. The van der Waals surface area contributed by atoms with Gasteiger partial charge in [0, 0.05) is 30.4 Å². The Labute approximate surface area is 167 Å². The Kier molecular flexibility index (Phi) is 5.50. The molecule has 1 aromatic carbocycles. The standard InChI is InChI=1S/C19H22F3N3O3S/c1-12-17(13(2)25(23-12)16-7-8-29(27,28)11-16)10-24(3)18(26)14-5-4-6-15(9-14)19(20,21)22/h4-6,9,16H,7-8,10-11H2,1-3H3/t16-/m1/s1. The zero-order valence-electron chi connectivity index (χ0n) is 16.3. The monoisotopic (exact) mass is 429 g/mol. The molecule has 0 N–H and O–H groups in total. The van der Waals surface area contributed by atoms with Gasteiger partial charge in [-0.3, -0.25) is 9.48 Å². The van der Waals surface area contributed by atoms with Crippen LogP contribution in [0.5, 0.6) is 0 Å². The van der Waals surface area contributed by atoms with E-state index in [1.54, 1.807) is 11.6 Å². The summed E-state index contributed by atoms with van der Waals surface area (Å²) in [6.45, 7) is 3.74. The van der Waals surface area contributed by atoms with Crippen molar-refractivity contribution in [2.75, 3.05) is 18.6 Å². The van der Waals surface area contributed by atoms with E-state index < -0.39 is 27.5 Å². The van der Waals surface area contributed by atoms with Crippen LogP contribution in [0.25, 0.3) is 0 Å². The fourth-order valence-corrected chi connectivity index (χ4v) is 5.30. The van der Waals surface area contributed by atoms with E-state index in [1.165, 1.54) is 24.1 Å². The van der Waals surface area contributed by atoms with Gasteiger partial charge in [-0.05, 0) is 38.5 Å². The molecule has 1 saturated heterocycles. The van der Waals surface area contributed by atoms with E-state index in [-0.39, 0.29) is 29.7 Å². The van der Waals surface area contributed by atoms with Crippen molar-refractivity contribution in [2.24, 2.45) is 0 Å². The predicted octanol–water partition coefficient (Wildman–Crippen LogP) is 3.15. The number of amides is 1. The van der Waals surface area contributed by atoms with E-state index in [1.807, 2.05) is 6.92 Å². The Bertz CT molecular complexity index is 1040. The summed E-state index contributed by atoms with van der Waals surface area (Å²) < 4.78 is 64.0. The van der Waals surface area contributed by atoms with Crippen LogP contribution < -0.4 is 0 Å². The normalized spacial score (nSPS) is 18.8. The maximum absolute atomic E-state index is 12.9. The average molecular weight is 429 g/mol. The van der Waals surface area contributed by atoms with E-state index in [0.717, 1.165) is 23.4 Å². The van der Waals surface area contributed by atoms with Crippen molar-refractivity contribution in [3.05, 3.63) is 52.3 Å². The first-order valence-electron chi connectivity index (χ1n) is 9.07. The number of alkyl halides is 3. The van der Waals surface area contributed by atoms with Crippen LogP contribution in [-0.4, -0.2) is 47.6 Å². The Morgan fingerprint density at radius 3 is 2.59 bits per heavy atom. The van der Waals surface area contributed by atoms with Gasteiger partial charge >= 0.3 is 6.18 Å². The van der Waals surface area contributed by atoms with Gasteiger partial charge in [0.25, 0.3) is 5.91 Å². The lowest BCUT2D eigenvalue weighted by molar-refractivity contribution is -0.137. The second kappa shape index (κ2) is 7.47. The maximum Gasteiger partial charge on any atom is 0.416 e. The number of hydrogen-bond acceptors (Lipinski definition) is 4. The fraction of sp³-hybridized carbons (Fsp3) is 0.474. The third-order valence-corrected chi connectivity index (χ3v) is 6.96. The molecule has 158 valence electrons. The minimum Gasteiger partial charge on any atom is -0.337 e. The van der Waals surface area contributed by atoms with E-state index in [2.05, 4.69) is 5.10 Å². The zero-order valence-corrected chi connectivity index (χ0v) is 17.1. The summed E-state index contributed by atoms with van der Waals surface area (Å²) in [6.07, 6.45) is -4.03. The van der Waals surface area contributed by atoms with Gasteiger partial charge in [-0.25, -0.2) is 8.42 Å². The van der Waals surface area contributed by atoms with Crippen molar-refractivity contribution < 1.29 is 26.4 Å². The number of rotatable bonds is 4. The summed E-state index contributed by atoms with van der Waals surface area (Å²) in [5.74, 6) is -0.377. The average Bonchev–Trinajstić information content (AvgIpc) is 3.13. The molecule has 1 aromatic heterocycles. The molecule has 0 saturated carbocycles. The second-order valence-electron chi connectivity index (χ2n) is 7.39. The van der Waals surface area contributed by atoms with Crippen molar-refractivity contribution in [1.82, 2.24) is 14.7 Å². The molecule has 1 aliphatic heterocycles. The van der Waals surface area contributed by atoms with Gasteiger partial charge < -0.3 is 4.90 Å². The summed E-state index contributed by atoms with van der Waals surface area (Å²) in [5, 5.41) is 4.45. The Balaban J connectivity index is 1.81. The minimum absolute atomic E-state index is 0.0351. The number of nitrogens with zero attached hydrogens (tertiary/aromatic N) is 3. The van der Waals surface area contributed by atoms with E-state index in [0.29, 0.717) is 12.1 Å². The van der Waals surface area contributed by atoms with Gasteiger partial charge in [-0.15, -0.1) is 0 Å². The summed E-state index contributed by atoms with van der Waals surface area (Å²) in [7, 11) is -1.56. The number of aromatic nitrogens is 2. The SMILES string of the molecule is Cc1nn([C@@H]2CCS(=O)(=O)C2)c(C)c1CN(C)C(=O)c1cccc(C(F)(F)F)c1. The maximum atomic E-state index is 12.9. The lowest BCUT2D eigenvalue weighted by Gasteiger charge is -2.19. The number of carbonyl (C=O) groups is 1. The molecule has 2 heterocycles. The van der Waals surface area contributed by atoms with Crippen molar-refractivity contribution in [3.8, 4) is 0 Å². The van der Waals surface area contributed by atoms with Gasteiger partial charge in [0.1, 0.15) is 0 Å². The molecule has 2 aromatic rings. The highest BCUT2D eigenvalue weighted by Crippen LogP contribution is 2.30. The fourth-order valence-electron chi connectivity index (χ4n) is 3.61. The molecule has 0 bridgehead atoms. The molecule has 29 heavy (non-hydrogen) atoms. The van der Waals surface area contributed by atoms with Gasteiger partial charge in [-0.1, -0.05) is 6.07 Å². The lowest BCUT2D eigenvalue weighted by Crippen LogP contribution is -2.27. The summed E-state index contributed by atoms with van der Waals surface area (Å²) in [6, 6.07) is 4.08. The first-order chi connectivity index (χ1) is 13.4. The number of aryl methyl sites for hydroxylation is 1. The molecule has 0 radical (unpaired) electrons. The molecule has 1 atom stereocenters. The number of halogens is 3. The number of carbonyl (C=O) groups excluding carboxylic acids is 1. The summed E-state index contributed by atoms with van der Waals surface area (Å²) >= 11 is 0. The topological polar surface area (TPSA) is 72.3 Å². The molecule has 0 spiro atoms. The molecule has 0 aliphatic carbocycles. The van der Waals surface area contributed by atoms with Crippen LogP contribution in [0.1, 0.15) is 45.3 Å². The van der Waals surface area contributed by atoms with Gasteiger partial charge in [0.15, 0.2) is 9.84 Å². The number of hydrogen-bond donors (Lipinski definition) is 0. The van der Waals surface area contributed by atoms with Crippen LogP contribution in [0.4, 0.5) is 13.2 Å². The molecule has 3 rings (SSSR count). The lowest BCUT2D eigenvalue weighted by atomic mass is 10.1. The Morgan fingerprint density at radius 2 is 2.00 bits per heavy atom. The third-order valence-electron chi connectivity index (χ3n) is 5.21. The quantitative estimate of drug-likeness (QED) is 0.749. The highest BCUT2D eigenvalue weighted by molar-refractivity contribution is 7.91. The molecule has 0 unspecified atom stereocenters. The van der Waals surface area contributed by atoms with Crippen LogP contribution in [0.2, 0.25) is 0 Å². The van der Waals surface area contributed by atoms with Crippen molar-refractivity contribution in [2.45, 2.75) is 39.0 Å². The van der Waals surface area contributed by atoms with Crippen LogP contribution >= 0.6 is 0 Å². The molecular formula is C19H22F3N3O3S. The molecule has 1 amide bonds. The first kappa shape index (κ1) is 21.4. The van der Waals surface area contributed by atoms with Crippen LogP contribution in [0, 0.1) is 13.8 Å². The Hall–Kier alpha value is -2.36. The van der Waals surface area contributed by atoms with Crippen molar-refractivity contribution in [1.29, 1.82) is 0 Å². The first-order valence-corrected chi connectivity index (χ1v) is 10.9. The van der Waals surface area contributed by atoms with Crippen LogP contribution in [-0.2, 0) is 22.6 Å². The van der Waals surface area contributed by atoms with Crippen molar-refractivity contribution >= 4 is 15.7 Å². The smallest absolute Gasteiger partial charge is 0.337 e. The molecule has 1 aliphatic rings. The van der Waals surface area contributed by atoms with E-state index in [4.69, 9.17) is 0 Å². The van der Waals surface area contributed by atoms with Crippen LogP contribution in [0.3, 0.4) is 0 Å². The largest absolute Gasteiger partial charge is 0.416 e. The summed E-state index contributed by atoms with van der Waals surface area (Å²) in [5.41, 5.74) is 1.26. The molecule has 1 fully saturated rings. The third kappa shape index (κ3) is 4.47. The Morgan fingerprint density at radius 1 is 1.31 bits per heavy atom. The highest BCUT2D eigenvalue weighted by Gasteiger charge is 2.33. The summed E-state index contributed by atoms with van der Waals surface area (Å²) in [4.78, 5) is 14.0. The minimum atomic E-state index is -4.52. The molecular weight excluding hydrogens is 407 g/mol. The number of sulfone groups is 1. The van der Waals surface area contributed by atoms with E-state index >= 15 is 0 Å². The zero-order chi connectivity index (χ0) is 21.6. The predicted molar refractivity (Wildman–Crippen MR) is 101 cm³/mol. The van der Waals surface area contributed by atoms with E-state index in [9.17, 15) is 26.4 Å². The van der Waals surface area contributed by atoms with Gasteiger partial charge in [0.2, 0.25) is 0 Å². The van der Waals surface area contributed by atoms with Crippen molar-refractivity contribution in [3.63, 3.8) is 0 Å². The van der Waals surface area contributed by atoms with Gasteiger partial charge in [-0.2, -0.15) is 18.3 Å². The van der Waals surface area contributed by atoms with Gasteiger partial charge in [0.05, 0.1) is 28.8 Å².